The number of aromatic nitrogens is 1. The van der Waals surface area contributed by atoms with Crippen LogP contribution in [-0.4, -0.2) is 64.0 Å². The summed E-state index contributed by atoms with van der Waals surface area (Å²) in [5.41, 5.74) is 6.59. The Bertz CT molecular complexity index is 1200. The molecule has 3 atom stereocenters. The largest absolute Gasteiger partial charge is 0.464 e. The van der Waals surface area contributed by atoms with Gasteiger partial charge in [-0.15, -0.1) is 11.8 Å². The Labute approximate surface area is 235 Å². The van der Waals surface area contributed by atoms with Gasteiger partial charge in [0.05, 0.1) is 6.61 Å². The summed E-state index contributed by atoms with van der Waals surface area (Å²) in [7, 11) is 0. The van der Waals surface area contributed by atoms with Crippen LogP contribution in [0.3, 0.4) is 0 Å². The fraction of sp³-hybridized carbons (Fsp3) is 0.481. The van der Waals surface area contributed by atoms with Crippen LogP contribution < -0.4 is 16.4 Å². The molecule has 1 unspecified atom stereocenters. The van der Waals surface area contributed by atoms with E-state index in [-0.39, 0.29) is 55.3 Å². The van der Waals surface area contributed by atoms with E-state index in [2.05, 4.69) is 15.6 Å². The van der Waals surface area contributed by atoms with Crippen LogP contribution in [0.15, 0.2) is 30.5 Å². The number of hydrogen-bond donors (Lipinski definition) is 3. The Morgan fingerprint density at radius 1 is 1.18 bits per heavy atom. The molecule has 0 bridgehead atoms. The highest BCUT2D eigenvalue weighted by atomic mass is 32.2. The second kappa shape index (κ2) is 14.4. The molecule has 218 valence electrons. The van der Waals surface area contributed by atoms with Crippen LogP contribution in [0.2, 0.25) is 0 Å². The number of halogens is 3. The Morgan fingerprint density at radius 2 is 1.90 bits per heavy atom. The number of hydrogen-bond acceptors (Lipinski definition) is 8. The van der Waals surface area contributed by atoms with Crippen LogP contribution in [0.1, 0.15) is 38.3 Å². The minimum Gasteiger partial charge on any atom is -0.464 e. The number of nitrogens with zero attached hydrogens (tertiary/aromatic N) is 2. The number of carbonyl (C=O) groups is 3. The number of amides is 2. The van der Waals surface area contributed by atoms with Crippen LogP contribution in [0, 0.1) is 23.4 Å². The molecule has 1 fully saturated rings. The Hall–Kier alpha value is -3.32. The van der Waals surface area contributed by atoms with Crippen LogP contribution >= 0.6 is 11.8 Å². The third-order valence-corrected chi connectivity index (χ3v) is 7.45. The average molecular weight is 582 g/mol. The minimum absolute atomic E-state index is 0.0176. The zero-order chi connectivity index (χ0) is 29.4. The van der Waals surface area contributed by atoms with Gasteiger partial charge in [-0.25, -0.2) is 22.9 Å². The van der Waals surface area contributed by atoms with Gasteiger partial charge in [-0.2, -0.15) is 0 Å². The van der Waals surface area contributed by atoms with Crippen molar-refractivity contribution in [1.29, 1.82) is 0 Å². The third-order valence-electron chi connectivity index (χ3n) is 6.25. The molecule has 0 saturated carbocycles. The zero-order valence-corrected chi connectivity index (χ0v) is 23.4. The van der Waals surface area contributed by atoms with Gasteiger partial charge in [-0.05, 0) is 42.5 Å². The molecule has 1 aromatic carbocycles. The molecule has 9 nitrogen and oxygen atoms in total. The van der Waals surface area contributed by atoms with Gasteiger partial charge in [0.1, 0.15) is 17.7 Å². The molecular weight excluding hydrogens is 547 g/mol. The van der Waals surface area contributed by atoms with Gasteiger partial charge in [0, 0.05) is 43.6 Å². The van der Waals surface area contributed by atoms with E-state index in [9.17, 15) is 27.6 Å². The number of esters is 1. The minimum atomic E-state index is -1.30. The summed E-state index contributed by atoms with van der Waals surface area (Å²) < 4.78 is 45.7. The molecular formula is C27H34F3N5O4S. The number of thioether (sulfide) groups is 1. The fourth-order valence-electron chi connectivity index (χ4n) is 4.14. The van der Waals surface area contributed by atoms with Crippen molar-refractivity contribution in [3.05, 3.63) is 59.0 Å². The molecule has 1 aromatic heterocycles. The van der Waals surface area contributed by atoms with Crippen molar-refractivity contribution in [2.45, 2.75) is 57.6 Å². The number of carbonyl (C=O) groups excluding carboxylic acids is 3. The van der Waals surface area contributed by atoms with Crippen LogP contribution in [0.25, 0.3) is 0 Å². The number of nitrogens with two attached hydrogens (primary N) is 1. The monoisotopic (exact) mass is 581 g/mol. The molecule has 2 heterocycles. The van der Waals surface area contributed by atoms with Gasteiger partial charge in [-0.3, -0.25) is 9.59 Å². The lowest BCUT2D eigenvalue weighted by molar-refractivity contribution is -0.145. The summed E-state index contributed by atoms with van der Waals surface area (Å²) in [5, 5.41) is 5.12. The number of rotatable bonds is 12. The van der Waals surface area contributed by atoms with Crippen LogP contribution in [-0.2, 0) is 32.1 Å². The molecule has 1 aliphatic heterocycles. The van der Waals surface area contributed by atoms with Crippen molar-refractivity contribution in [2.24, 2.45) is 11.7 Å². The predicted molar refractivity (Wildman–Crippen MR) is 146 cm³/mol. The zero-order valence-electron chi connectivity index (χ0n) is 22.6. The molecule has 1 saturated heterocycles. The molecule has 3 rings (SSSR count). The third kappa shape index (κ3) is 8.34. The Morgan fingerprint density at radius 3 is 2.55 bits per heavy atom. The van der Waals surface area contributed by atoms with Crippen LogP contribution in [0.4, 0.5) is 19.0 Å². The number of benzene rings is 1. The fourth-order valence-corrected chi connectivity index (χ4v) is 5.30. The summed E-state index contributed by atoms with van der Waals surface area (Å²) in [6.07, 6.45) is 1.22. The maximum atomic E-state index is 14.0. The summed E-state index contributed by atoms with van der Waals surface area (Å²) in [4.78, 5) is 43.7. The Kier molecular flexibility index (Phi) is 11.2. The topological polar surface area (TPSA) is 127 Å². The van der Waals surface area contributed by atoms with Gasteiger partial charge in [0.15, 0.2) is 17.0 Å². The van der Waals surface area contributed by atoms with Crippen molar-refractivity contribution in [1.82, 2.24) is 15.2 Å². The summed E-state index contributed by atoms with van der Waals surface area (Å²) in [6.45, 7) is 6.33. The van der Waals surface area contributed by atoms with Gasteiger partial charge >= 0.3 is 5.97 Å². The lowest BCUT2D eigenvalue weighted by Crippen LogP contribution is -2.46. The number of pyridine rings is 1. The maximum Gasteiger partial charge on any atom is 0.328 e. The second-order valence-corrected chi connectivity index (χ2v) is 10.9. The standard InChI is InChI=1S/C27H34F3N5O4S/c1-4-39-27(38)24(15(2)3)34-22-6-5-16(13-32-22)14-33-25(37)26-35(7-8-40-26)23(36)11-18(31)9-17-10-20(29)21(30)12-19(17)28/h5-6,10,12-13,15,18,24,26H,4,7-9,11,14,31H2,1-3H3,(H,32,34)(H,33,37)/t18-,24+,26?/m1/s1. The van der Waals surface area contributed by atoms with Gasteiger partial charge in [0.25, 0.3) is 5.91 Å². The normalized spacial score (nSPS) is 16.5. The van der Waals surface area contributed by atoms with E-state index in [1.165, 1.54) is 16.7 Å². The van der Waals surface area contributed by atoms with Crippen molar-refractivity contribution in [3.63, 3.8) is 0 Å². The molecule has 0 spiro atoms. The second-order valence-electron chi connectivity index (χ2n) is 9.72. The number of ether oxygens (including phenoxy) is 1. The van der Waals surface area contributed by atoms with Crippen molar-refractivity contribution >= 4 is 35.4 Å². The lowest BCUT2D eigenvalue weighted by Gasteiger charge is -2.24. The smallest absolute Gasteiger partial charge is 0.328 e. The van der Waals surface area contributed by atoms with E-state index < -0.39 is 34.9 Å². The first-order valence-corrected chi connectivity index (χ1v) is 14.0. The van der Waals surface area contributed by atoms with E-state index in [1.54, 1.807) is 25.3 Å². The quantitative estimate of drug-likeness (QED) is 0.258. The first-order valence-electron chi connectivity index (χ1n) is 13.0. The highest BCUT2D eigenvalue weighted by Crippen LogP contribution is 2.25. The molecule has 0 radical (unpaired) electrons. The predicted octanol–water partition coefficient (Wildman–Crippen LogP) is 2.98. The number of anilines is 1. The van der Waals surface area contributed by atoms with Crippen molar-refractivity contribution in [3.8, 4) is 0 Å². The first-order chi connectivity index (χ1) is 19.0. The molecule has 40 heavy (non-hydrogen) atoms. The van der Waals surface area contributed by atoms with Crippen LogP contribution in [0.5, 0.6) is 0 Å². The van der Waals surface area contributed by atoms with Crippen molar-refractivity contribution < 1.29 is 32.3 Å². The average Bonchev–Trinajstić information content (AvgIpc) is 3.40. The molecule has 0 aliphatic carbocycles. The summed E-state index contributed by atoms with van der Waals surface area (Å²) in [5.74, 6) is -3.52. The molecule has 13 heteroatoms. The molecule has 2 amide bonds. The SMILES string of the molecule is CCOC(=O)[C@@H](Nc1ccc(CNC(=O)C2SCCN2C(=O)C[C@H](N)Cc2cc(F)c(F)cc2F)cn1)C(C)C. The highest BCUT2D eigenvalue weighted by Gasteiger charge is 2.35. The number of nitrogens with one attached hydrogen (secondary N) is 2. The van der Waals surface area contributed by atoms with E-state index in [0.29, 0.717) is 29.7 Å². The van der Waals surface area contributed by atoms with Crippen molar-refractivity contribution in [2.75, 3.05) is 24.2 Å². The molecule has 1 aliphatic rings. The van der Waals surface area contributed by atoms with E-state index in [1.807, 2.05) is 13.8 Å². The maximum absolute atomic E-state index is 14.0. The summed E-state index contributed by atoms with van der Waals surface area (Å²) in [6, 6.07) is 3.25. The highest BCUT2D eigenvalue weighted by molar-refractivity contribution is 8.00. The lowest BCUT2D eigenvalue weighted by atomic mass is 10.0. The Balaban J connectivity index is 1.52. The summed E-state index contributed by atoms with van der Waals surface area (Å²) >= 11 is 1.31. The molecule has 4 N–H and O–H groups in total. The van der Waals surface area contributed by atoms with Gasteiger partial charge in [0.2, 0.25) is 5.91 Å². The van der Waals surface area contributed by atoms with E-state index in [4.69, 9.17) is 10.5 Å². The van der Waals surface area contributed by atoms with E-state index in [0.717, 1.165) is 6.07 Å². The van der Waals surface area contributed by atoms with E-state index >= 15 is 0 Å². The first kappa shape index (κ1) is 31.2. The van der Waals surface area contributed by atoms with Gasteiger partial charge in [-0.1, -0.05) is 19.9 Å². The van der Waals surface area contributed by atoms with Gasteiger partial charge < -0.3 is 26.0 Å². The molecule has 2 aromatic rings.